The van der Waals surface area contributed by atoms with Crippen molar-refractivity contribution in [2.75, 3.05) is 5.75 Å². The van der Waals surface area contributed by atoms with Crippen LogP contribution in [0.4, 0.5) is 4.39 Å². The SMILES string of the molecule is CC(=O)SCC[C@@](C)(N[S+]([O-])C(C)(C)C)c1ccccc1F. The van der Waals surface area contributed by atoms with E-state index in [1.807, 2.05) is 27.7 Å². The third-order valence-corrected chi connectivity index (χ3v) is 5.81. The first kappa shape index (κ1) is 19.5. The zero-order chi connectivity index (χ0) is 17.0. The van der Waals surface area contributed by atoms with Crippen molar-refractivity contribution >= 4 is 28.2 Å². The van der Waals surface area contributed by atoms with Crippen molar-refractivity contribution in [3.8, 4) is 0 Å². The highest BCUT2D eigenvalue weighted by atomic mass is 32.2. The molecule has 0 radical (unpaired) electrons. The molecule has 0 amide bonds. The molecule has 6 heteroatoms. The fourth-order valence-electron chi connectivity index (χ4n) is 1.91. The number of rotatable bonds is 6. The van der Waals surface area contributed by atoms with Gasteiger partial charge in [-0.2, -0.15) is 0 Å². The normalized spacial score (nSPS) is 16.1. The first-order valence-electron chi connectivity index (χ1n) is 7.14. The third kappa shape index (κ3) is 5.57. The van der Waals surface area contributed by atoms with Crippen LogP contribution in [-0.4, -0.2) is 20.2 Å². The molecule has 0 bridgehead atoms. The Labute approximate surface area is 139 Å². The minimum Gasteiger partial charge on any atom is -0.598 e. The molecule has 0 fully saturated rings. The van der Waals surface area contributed by atoms with E-state index in [4.69, 9.17) is 0 Å². The molecule has 0 heterocycles. The summed E-state index contributed by atoms with van der Waals surface area (Å²) in [5.41, 5.74) is -0.330. The van der Waals surface area contributed by atoms with Gasteiger partial charge in [-0.1, -0.05) is 30.0 Å². The Balaban J connectivity index is 3.04. The molecule has 22 heavy (non-hydrogen) atoms. The van der Waals surface area contributed by atoms with Gasteiger partial charge in [0.15, 0.2) is 5.12 Å². The Morgan fingerprint density at radius 2 is 1.91 bits per heavy atom. The van der Waals surface area contributed by atoms with Crippen LogP contribution >= 0.6 is 11.8 Å². The second kappa shape index (κ2) is 7.81. The summed E-state index contributed by atoms with van der Waals surface area (Å²) < 4.78 is 29.3. The van der Waals surface area contributed by atoms with Crippen molar-refractivity contribution in [2.45, 2.75) is 51.3 Å². The lowest BCUT2D eigenvalue weighted by molar-refractivity contribution is -0.109. The minimum atomic E-state index is -1.34. The van der Waals surface area contributed by atoms with Gasteiger partial charge >= 0.3 is 0 Å². The lowest BCUT2D eigenvalue weighted by atomic mass is 9.90. The molecular formula is C16H24FNO2S2. The zero-order valence-corrected chi connectivity index (χ0v) is 15.4. The van der Waals surface area contributed by atoms with Gasteiger partial charge < -0.3 is 4.55 Å². The summed E-state index contributed by atoms with van der Waals surface area (Å²) in [6.07, 6.45) is 0.500. The van der Waals surface area contributed by atoms with Crippen molar-refractivity contribution < 1.29 is 13.7 Å². The van der Waals surface area contributed by atoms with Gasteiger partial charge in [0, 0.05) is 29.6 Å². The maximum atomic E-state index is 14.2. The van der Waals surface area contributed by atoms with Crippen LogP contribution in [0.15, 0.2) is 24.3 Å². The average molecular weight is 346 g/mol. The first-order valence-corrected chi connectivity index (χ1v) is 9.28. The van der Waals surface area contributed by atoms with Crippen LogP contribution in [0.2, 0.25) is 0 Å². The molecule has 0 saturated carbocycles. The van der Waals surface area contributed by atoms with Gasteiger partial charge in [0.2, 0.25) is 0 Å². The quantitative estimate of drug-likeness (QED) is 0.798. The number of benzene rings is 1. The van der Waals surface area contributed by atoms with Gasteiger partial charge in [0.1, 0.15) is 10.6 Å². The number of nitrogens with one attached hydrogen (secondary N) is 1. The third-order valence-electron chi connectivity index (χ3n) is 3.25. The van der Waals surface area contributed by atoms with E-state index in [1.165, 1.54) is 24.8 Å². The van der Waals surface area contributed by atoms with Crippen LogP contribution in [0, 0.1) is 5.82 Å². The Hall–Kier alpha value is -0.560. The summed E-state index contributed by atoms with van der Waals surface area (Å²) >= 11 is -0.148. The van der Waals surface area contributed by atoms with Gasteiger partial charge in [-0.25, -0.2) is 4.39 Å². The van der Waals surface area contributed by atoms with Gasteiger partial charge in [-0.05, 0) is 40.2 Å². The second-order valence-corrected chi connectivity index (χ2v) is 9.62. The Kier molecular flexibility index (Phi) is 6.92. The molecule has 1 aromatic rings. The predicted octanol–water partition coefficient (Wildman–Crippen LogP) is 3.76. The minimum absolute atomic E-state index is 0.0211. The fourth-order valence-corrected chi connectivity index (χ4v) is 3.63. The summed E-state index contributed by atoms with van der Waals surface area (Å²) in [6.45, 7) is 8.92. The van der Waals surface area contributed by atoms with Gasteiger partial charge in [0.05, 0.1) is 5.54 Å². The lowest BCUT2D eigenvalue weighted by Crippen LogP contribution is -2.50. The maximum Gasteiger partial charge on any atom is 0.185 e. The summed E-state index contributed by atoms with van der Waals surface area (Å²) in [7, 11) is 0. The average Bonchev–Trinajstić information content (AvgIpc) is 2.37. The van der Waals surface area contributed by atoms with E-state index < -0.39 is 21.6 Å². The molecule has 1 aromatic carbocycles. The van der Waals surface area contributed by atoms with Crippen molar-refractivity contribution in [1.29, 1.82) is 0 Å². The van der Waals surface area contributed by atoms with Crippen LogP contribution in [0.1, 0.15) is 46.6 Å². The molecule has 1 N–H and O–H groups in total. The number of halogens is 1. The number of carbonyl (C=O) groups is 1. The predicted molar refractivity (Wildman–Crippen MR) is 92.5 cm³/mol. The monoisotopic (exact) mass is 345 g/mol. The summed E-state index contributed by atoms with van der Waals surface area (Å²) in [4.78, 5) is 11.1. The number of carbonyl (C=O) groups excluding carboxylic acids is 1. The standard InChI is InChI=1S/C16H24FNO2S2/c1-12(19)21-11-10-16(5,18-22(20)15(2,3)4)13-8-6-7-9-14(13)17/h6-9,18H,10-11H2,1-5H3/t16-,22?/m1/s1. The highest BCUT2D eigenvalue weighted by Crippen LogP contribution is 2.31. The van der Waals surface area contributed by atoms with Crippen molar-refractivity contribution in [2.24, 2.45) is 0 Å². The Morgan fingerprint density at radius 3 is 2.41 bits per heavy atom. The largest absolute Gasteiger partial charge is 0.598 e. The smallest absolute Gasteiger partial charge is 0.185 e. The van der Waals surface area contributed by atoms with Crippen LogP contribution in [0.25, 0.3) is 0 Å². The highest BCUT2D eigenvalue weighted by molar-refractivity contribution is 8.13. The van der Waals surface area contributed by atoms with Crippen molar-refractivity contribution in [3.05, 3.63) is 35.6 Å². The number of hydrogen-bond acceptors (Lipinski definition) is 4. The van der Waals surface area contributed by atoms with E-state index in [1.54, 1.807) is 18.2 Å². The van der Waals surface area contributed by atoms with Crippen LogP contribution in [-0.2, 0) is 21.7 Å². The molecule has 0 aromatic heterocycles. The highest BCUT2D eigenvalue weighted by Gasteiger charge is 2.38. The topological polar surface area (TPSA) is 52.2 Å². The zero-order valence-electron chi connectivity index (χ0n) is 13.7. The van der Waals surface area contributed by atoms with Gasteiger partial charge in [0.25, 0.3) is 0 Å². The number of hydrogen-bond donors (Lipinski definition) is 1. The van der Waals surface area contributed by atoms with E-state index in [2.05, 4.69) is 4.72 Å². The summed E-state index contributed by atoms with van der Waals surface area (Å²) in [6, 6.07) is 6.48. The summed E-state index contributed by atoms with van der Waals surface area (Å²) in [5.74, 6) is 0.199. The van der Waals surface area contributed by atoms with E-state index in [0.29, 0.717) is 17.7 Å². The molecule has 2 atom stereocenters. The molecule has 0 saturated heterocycles. The molecule has 124 valence electrons. The van der Waals surface area contributed by atoms with E-state index in [0.717, 1.165) is 0 Å². The summed E-state index contributed by atoms with van der Waals surface area (Å²) in [5, 5.41) is 0.0211. The molecule has 1 unspecified atom stereocenters. The second-order valence-electron chi connectivity index (χ2n) is 6.39. The van der Waals surface area contributed by atoms with E-state index >= 15 is 0 Å². The molecule has 3 nitrogen and oxygen atoms in total. The Morgan fingerprint density at radius 1 is 1.32 bits per heavy atom. The van der Waals surface area contributed by atoms with Crippen molar-refractivity contribution in [1.82, 2.24) is 4.72 Å². The molecule has 0 spiro atoms. The Bertz CT molecular complexity index is 519. The van der Waals surface area contributed by atoms with Crippen LogP contribution < -0.4 is 4.72 Å². The molecule has 0 aliphatic heterocycles. The fraction of sp³-hybridized carbons (Fsp3) is 0.562. The maximum absolute atomic E-state index is 14.2. The first-order chi connectivity index (χ1) is 10.1. The molecule has 1 rings (SSSR count). The molecular weight excluding hydrogens is 321 g/mol. The molecule has 0 aliphatic carbocycles. The van der Waals surface area contributed by atoms with E-state index in [9.17, 15) is 13.7 Å². The van der Waals surface area contributed by atoms with E-state index in [-0.39, 0.29) is 10.9 Å². The van der Waals surface area contributed by atoms with Gasteiger partial charge in [-0.3, -0.25) is 4.79 Å². The van der Waals surface area contributed by atoms with Gasteiger partial charge in [-0.15, -0.1) is 4.72 Å². The van der Waals surface area contributed by atoms with Crippen LogP contribution in [0.5, 0.6) is 0 Å². The van der Waals surface area contributed by atoms with Crippen LogP contribution in [0.3, 0.4) is 0 Å². The van der Waals surface area contributed by atoms with Crippen molar-refractivity contribution in [3.63, 3.8) is 0 Å². The lowest BCUT2D eigenvalue weighted by Gasteiger charge is -2.35. The molecule has 0 aliphatic rings. The number of thioether (sulfide) groups is 1.